The number of ether oxygens (including phenoxy) is 1. The third-order valence-corrected chi connectivity index (χ3v) is 4.41. The van der Waals surface area contributed by atoms with Crippen molar-refractivity contribution in [3.05, 3.63) is 25.3 Å². The van der Waals surface area contributed by atoms with E-state index in [0.29, 0.717) is 0 Å². The van der Waals surface area contributed by atoms with Crippen LogP contribution >= 0.6 is 0 Å². The number of carbonyl (C=O) groups excluding carboxylic acids is 1. The maximum Gasteiger partial charge on any atom is 0.339 e. The van der Waals surface area contributed by atoms with Crippen LogP contribution in [0.4, 0.5) is 0 Å². The second kappa shape index (κ2) is 7.60. The number of nitrogens with zero attached hydrogens (tertiary/aromatic N) is 1. The summed E-state index contributed by atoms with van der Waals surface area (Å²) in [5, 5.41) is 42.9. The lowest BCUT2D eigenvalue weighted by Gasteiger charge is -2.49. The lowest BCUT2D eigenvalue weighted by atomic mass is 9.82. The van der Waals surface area contributed by atoms with E-state index < -0.39 is 54.7 Å². The van der Waals surface area contributed by atoms with Crippen LogP contribution in [0.2, 0.25) is 0 Å². The van der Waals surface area contributed by atoms with Gasteiger partial charge in [-0.15, -0.1) is 0 Å². The van der Waals surface area contributed by atoms with Crippen molar-refractivity contribution >= 4 is 11.9 Å². The molecule has 10 nitrogen and oxygen atoms in total. The van der Waals surface area contributed by atoms with E-state index in [2.05, 4.69) is 18.5 Å². The third-order valence-electron chi connectivity index (χ3n) is 4.41. The first-order valence-corrected chi connectivity index (χ1v) is 7.66. The minimum absolute atomic E-state index is 0.0988. The molecule has 0 radical (unpaired) electrons. The minimum Gasteiger partial charge on any atom is -0.479 e. The van der Waals surface area contributed by atoms with Crippen LogP contribution in [0.5, 0.6) is 0 Å². The summed E-state index contributed by atoms with van der Waals surface area (Å²) in [5.41, 5.74) is -1.46. The fraction of sp³-hybridized carbons (Fsp3) is 0.600. The molecule has 0 aromatic carbocycles. The van der Waals surface area contributed by atoms with Gasteiger partial charge in [-0.3, -0.25) is 9.63 Å². The number of hydroxylamine groups is 2. The number of nitrogens with one attached hydrogen (secondary N) is 1. The van der Waals surface area contributed by atoms with Crippen LogP contribution in [0.25, 0.3) is 0 Å². The van der Waals surface area contributed by atoms with Gasteiger partial charge in [0.2, 0.25) is 5.91 Å². The van der Waals surface area contributed by atoms with Gasteiger partial charge < -0.3 is 30.5 Å². The van der Waals surface area contributed by atoms with Gasteiger partial charge in [-0.2, -0.15) is 5.06 Å². The smallest absolute Gasteiger partial charge is 0.339 e. The average Bonchev–Trinajstić information content (AvgIpc) is 2.93. The Morgan fingerprint density at radius 2 is 2.12 bits per heavy atom. The Kier molecular flexibility index (Phi) is 5.93. The molecule has 6 atom stereocenters. The second-order valence-corrected chi connectivity index (χ2v) is 5.87. The molecular formula is C15H22N2O8. The summed E-state index contributed by atoms with van der Waals surface area (Å²) in [6.45, 7) is 6.24. The summed E-state index contributed by atoms with van der Waals surface area (Å²) in [6.07, 6.45) is -4.39. The third kappa shape index (κ3) is 3.45. The number of fused-ring (bicyclic) bond motifs is 1. The number of hydrogen-bond acceptors (Lipinski definition) is 8. The Bertz CT molecular complexity index is 556. The number of carboxylic acid groups (broad SMARTS) is 1. The van der Waals surface area contributed by atoms with Gasteiger partial charge in [-0.05, 0) is 18.6 Å². The van der Waals surface area contributed by atoms with Gasteiger partial charge in [0.15, 0.2) is 12.3 Å². The number of aliphatic carboxylic acids is 1. The first kappa shape index (κ1) is 19.5. The molecule has 2 fully saturated rings. The first-order valence-electron chi connectivity index (χ1n) is 7.66. The van der Waals surface area contributed by atoms with Crippen LogP contribution in [0, 0.1) is 0 Å². The average molecular weight is 358 g/mol. The zero-order chi connectivity index (χ0) is 18.8. The van der Waals surface area contributed by atoms with Gasteiger partial charge >= 0.3 is 5.97 Å². The Morgan fingerprint density at radius 1 is 1.44 bits per heavy atom. The number of hydrogen-bond donors (Lipinski definition) is 5. The van der Waals surface area contributed by atoms with Crippen LogP contribution in [0.3, 0.4) is 0 Å². The SMILES string of the molecule is C=CC(=O)NC12CCN(O[C@@H](C=C)C(=O)O)[C@@H]1OC(CO)[C@@H](O)C2O. The van der Waals surface area contributed by atoms with Gasteiger partial charge in [-0.25, -0.2) is 4.79 Å². The summed E-state index contributed by atoms with van der Waals surface area (Å²) in [4.78, 5) is 28.3. The molecule has 2 saturated heterocycles. The fourth-order valence-electron chi connectivity index (χ4n) is 3.10. The fourth-order valence-corrected chi connectivity index (χ4v) is 3.10. The van der Waals surface area contributed by atoms with Crippen molar-refractivity contribution in [2.75, 3.05) is 13.2 Å². The van der Waals surface area contributed by atoms with Gasteiger partial charge in [0.05, 0.1) is 6.61 Å². The quantitative estimate of drug-likeness (QED) is 0.251. The van der Waals surface area contributed by atoms with Crippen molar-refractivity contribution in [1.29, 1.82) is 0 Å². The molecule has 2 aliphatic rings. The second-order valence-electron chi connectivity index (χ2n) is 5.87. The van der Waals surface area contributed by atoms with E-state index in [9.17, 15) is 24.9 Å². The standard InChI is InChI=1S/C15H22N2O8/c1-3-8(13(22)23)25-17-6-5-15(16-10(19)4-2)12(21)11(20)9(7-18)24-14(15)17/h3-4,8-9,11-12,14,18,20-21H,1-2,5-7H2,(H,16,19)(H,22,23)/t8-,9?,11+,12?,14+,15?/m0/s1. The Morgan fingerprint density at radius 3 is 2.64 bits per heavy atom. The summed E-state index contributed by atoms with van der Waals surface area (Å²) in [5.74, 6) is -1.89. The van der Waals surface area contributed by atoms with E-state index >= 15 is 0 Å². The lowest BCUT2D eigenvalue weighted by molar-refractivity contribution is -0.312. The molecule has 1 amide bonds. The normalized spacial score (nSPS) is 36.3. The minimum atomic E-state index is -1.48. The van der Waals surface area contributed by atoms with Crippen molar-refractivity contribution in [3.63, 3.8) is 0 Å². The maximum absolute atomic E-state index is 11.8. The molecule has 140 valence electrons. The molecule has 25 heavy (non-hydrogen) atoms. The lowest BCUT2D eigenvalue weighted by Crippen LogP contribution is -2.73. The van der Waals surface area contributed by atoms with Crippen LogP contribution < -0.4 is 5.32 Å². The zero-order valence-electron chi connectivity index (χ0n) is 13.4. The van der Waals surface area contributed by atoms with Crippen molar-refractivity contribution in [1.82, 2.24) is 10.4 Å². The number of amides is 1. The first-order chi connectivity index (χ1) is 11.8. The van der Waals surface area contributed by atoms with E-state index in [0.717, 1.165) is 17.2 Å². The molecule has 0 aromatic heterocycles. The van der Waals surface area contributed by atoms with Gasteiger partial charge in [-0.1, -0.05) is 13.2 Å². The van der Waals surface area contributed by atoms with Crippen molar-refractivity contribution in [3.8, 4) is 0 Å². The summed E-state index contributed by atoms with van der Waals surface area (Å²) >= 11 is 0. The Labute approximate surface area is 143 Å². The molecule has 0 aromatic rings. The summed E-state index contributed by atoms with van der Waals surface area (Å²) in [6, 6.07) is 0. The van der Waals surface area contributed by atoms with E-state index in [-0.39, 0.29) is 13.0 Å². The van der Waals surface area contributed by atoms with Crippen LogP contribution in [-0.2, 0) is 19.2 Å². The molecular weight excluding hydrogens is 336 g/mol. The molecule has 0 bridgehead atoms. The molecule has 2 heterocycles. The highest BCUT2D eigenvalue weighted by Crippen LogP contribution is 2.40. The topological polar surface area (TPSA) is 149 Å². The highest BCUT2D eigenvalue weighted by atomic mass is 16.7. The molecule has 10 heteroatoms. The van der Waals surface area contributed by atoms with E-state index in [1.807, 2.05) is 0 Å². The number of rotatable bonds is 7. The predicted molar refractivity (Wildman–Crippen MR) is 82.9 cm³/mol. The highest BCUT2D eigenvalue weighted by Gasteiger charge is 2.61. The zero-order valence-corrected chi connectivity index (χ0v) is 13.4. The molecule has 2 rings (SSSR count). The molecule has 2 aliphatic heterocycles. The predicted octanol–water partition coefficient (Wildman–Crippen LogP) is -2.26. The molecule has 5 N–H and O–H groups in total. The van der Waals surface area contributed by atoms with Crippen LogP contribution in [0.15, 0.2) is 25.3 Å². The highest BCUT2D eigenvalue weighted by molar-refractivity contribution is 5.87. The number of aliphatic hydroxyl groups excluding tert-OH is 3. The molecule has 0 spiro atoms. The van der Waals surface area contributed by atoms with Gasteiger partial charge in [0.1, 0.15) is 23.9 Å². The molecule has 0 saturated carbocycles. The number of carbonyl (C=O) groups is 2. The van der Waals surface area contributed by atoms with Gasteiger partial charge in [0, 0.05) is 6.54 Å². The van der Waals surface area contributed by atoms with Crippen LogP contribution in [-0.4, -0.2) is 86.7 Å². The van der Waals surface area contributed by atoms with Crippen LogP contribution in [0.1, 0.15) is 6.42 Å². The van der Waals surface area contributed by atoms with E-state index in [1.165, 1.54) is 0 Å². The molecule has 0 aliphatic carbocycles. The van der Waals surface area contributed by atoms with Gasteiger partial charge in [0.25, 0.3) is 0 Å². The Hall–Kier alpha value is -1.82. The largest absolute Gasteiger partial charge is 0.479 e. The number of carboxylic acids is 1. The van der Waals surface area contributed by atoms with Crippen molar-refractivity contribution < 1.29 is 39.6 Å². The van der Waals surface area contributed by atoms with Crippen molar-refractivity contribution in [2.45, 2.75) is 42.6 Å². The summed E-state index contributed by atoms with van der Waals surface area (Å²) in [7, 11) is 0. The summed E-state index contributed by atoms with van der Waals surface area (Å²) < 4.78 is 5.59. The number of aliphatic hydroxyl groups is 3. The molecule has 3 unspecified atom stereocenters. The monoisotopic (exact) mass is 358 g/mol. The van der Waals surface area contributed by atoms with E-state index in [1.54, 1.807) is 0 Å². The Balaban J connectivity index is 2.33. The maximum atomic E-state index is 11.8. The van der Waals surface area contributed by atoms with Crippen molar-refractivity contribution in [2.24, 2.45) is 0 Å². The van der Waals surface area contributed by atoms with E-state index in [4.69, 9.17) is 14.7 Å².